The molecule has 0 saturated carbocycles. The molecule has 2 N–H and O–H groups in total. The number of Topliss-reactive ketones (excluding diaryl/α,β-unsaturated/α-hetero) is 1. The van der Waals surface area contributed by atoms with Crippen LogP contribution in [0.5, 0.6) is 17.2 Å². The molecule has 2 aliphatic heterocycles. The third-order valence-electron chi connectivity index (χ3n) is 5.62. The molecule has 0 bridgehead atoms. The van der Waals surface area contributed by atoms with Gasteiger partial charge < -0.3 is 24.6 Å². The smallest absolute Gasteiger partial charge is 0.295 e. The normalized spacial score (nSPS) is 19.0. The van der Waals surface area contributed by atoms with Gasteiger partial charge in [0.25, 0.3) is 11.7 Å². The molecule has 2 aromatic carbocycles. The summed E-state index contributed by atoms with van der Waals surface area (Å²) in [6.07, 6.45) is 3.23. The number of hydrogen-bond donors (Lipinski definition) is 2. The number of aliphatic hydroxyl groups is 1. The Morgan fingerprint density at radius 3 is 2.61 bits per heavy atom. The summed E-state index contributed by atoms with van der Waals surface area (Å²) in [5.74, 6) is -0.903. The molecular weight excluding hydrogens is 424 g/mol. The van der Waals surface area contributed by atoms with Gasteiger partial charge in [0.2, 0.25) is 0 Å². The number of ether oxygens (including phenoxy) is 2. The Bertz CT molecular complexity index is 1270. The van der Waals surface area contributed by atoms with Crippen molar-refractivity contribution in [2.24, 2.45) is 0 Å². The molecule has 8 nitrogen and oxygen atoms in total. The van der Waals surface area contributed by atoms with Crippen LogP contribution in [0.15, 0.2) is 72.6 Å². The molecule has 3 aromatic rings. The van der Waals surface area contributed by atoms with Gasteiger partial charge in [0, 0.05) is 24.5 Å². The highest BCUT2D eigenvalue weighted by atomic mass is 16.6. The minimum absolute atomic E-state index is 0.0150. The van der Waals surface area contributed by atoms with Crippen LogP contribution in [0.3, 0.4) is 0 Å². The minimum atomic E-state index is -0.898. The number of aromatic hydroxyl groups is 1. The number of fused-ring (bicyclic) bond motifs is 1. The maximum Gasteiger partial charge on any atom is 0.295 e. The molecule has 2 aliphatic rings. The van der Waals surface area contributed by atoms with E-state index in [0.717, 1.165) is 5.56 Å². The first-order valence-electron chi connectivity index (χ1n) is 10.4. The lowest BCUT2D eigenvalue weighted by molar-refractivity contribution is -0.140. The average Bonchev–Trinajstić information content (AvgIpc) is 3.09. The van der Waals surface area contributed by atoms with Crippen LogP contribution in [0.2, 0.25) is 0 Å². The second-order valence-corrected chi connectivity index (χ2v) is 7.74. The zero-order valence-corrected chi connectivity index (χ0v) is 17.5. The fraction of sp³-hybridized carbons (Fsp3) is 0.160. The Balaban J connectivity index is 1.64. The molecule has 1 amide bonds. The van der Waals surface area contributed by atoms with E-state index < -0.39 is 17.7 Å². The molecule has 1 fully saturated rings. The number of carbonyl (C=O) groups excluding carboxylic acids is 2. The van der Waals surface area contributed by atoms with E-state index in [0.29, 0.717) is 35.8 Å². The molecule has 3 heterocycles. The summed E-state index contributed by atoms with van der Waals surface area (Å²) in [6, 6.07) is 13.8. The van der Waals surface area contributed by atoms with E-state index in [9.17, 15) is 19.8 Å². The van der Waals surface area contributed by atoms with E-state index in [1.165, 1.54) is 17.0 Å². The summed E-state index contributed by atoms with van der Waals surface area (Å²) < 4.78 is 11.1. The standard InChI is InChI=1S/C25H20N2O6/c28-18-5-1-4-16(11-18)22-21(23(29)17-6-7-19-20(12-17)33-10-9-32-19)24(30)25(31)27(22)14-15-3-2-8-26-13-15/h1-8,11-13,22,28-29H,9-10,14H2/b23-21+. The molecular formula is C25H20N2O6. The summed E-state index contributed by atoms with van der Waals surface area (Å²) in [6.45, 7) is 0.905. The van der Waals surface area contributed by atoms with Crippen molar-refractivity contribution in [1.82, 2.24) is 9.88 Å². The van der Waals surface area contributed by atoms with Crippen molar-refractivity contribution in [2.45, 2.75) is 12.6 Å². The third kappa shape index (κ3) is 3.76. The van der Waals surface area contributed by atoms with Gasteiger partial charge >= 0.3 is 0 Å². The molecule has 1 saturated heterocycles. The van der Waals surface area contributed by atoms with Crippen LogP contribution >= 0.6 is 0 Å². The Labute approximate surface area is 189 Å². The maximum atomic E-state index is 13.1. The number of phenols is 1. The topological polar surface area (TPSA) is 109 Å². The van der Waals surface area contributed by atoms with Gasteiger partial charge in [0.15, 0.2) is 11.5 Å². The lowest BCUT2D eigenvalue weighted by atomic mass is 9.95. The fourth-order valence-electron chi connectivity index (χ4n) is 4.12. The highest BCUT2D eigenvalue weighted by Gasteiger charge is 2.46. The Hall–Kier alpha value is -4.33. The van der Waals surface area contributed by atoms with Crippen LogP contribution in [0, 0.1) is 0 Å². The molecule has 33 heavy (non-hydrogen) atoms. The summed E-state index contributed by atoms with van der Waals surface area (Å²) in [4.78, 5) is 31.6. The lowest BCUT2D eigenvalue weighted by Crippen LogP contribution is -2.29. The van der Waals surface area contributed by atoms with Gasteiger partial charge in [-0.3, -0.25) is 14.6 Å². The zero-order chi connectivity index (χ0) is 22.9. The second kappa shape index (κ2) is 8.31. The number of aromatic nitrogens is 1. The first-order valence-corrected chi connectivity index (χ1v) is 10.4. The number of ketones is 1. The van der Waals surface area contributed by atoms with Crippen LogP contribution in [0.1, 0.15) is 22.7 Å². The highest BCUT2D eigenvalue weighted by molar-refractivity contribution is 6.46. The average molecular weight is 444 g/mol. The Morgan fingerprint density at radius 1 is 1.03 bits per heavy atom. The number of aliphatic hydroxyl groups excluding tert-OH is 1. The van der Waals surface area contributed by atoms with Crippen molar-refractivity contribution in [3.63, 3.8) is 0 Å². The summed E-state index contributed by atoms with van der Waals surface area (Å²) >= 11 is 0. The first-order chi connectivity index (χ1) is 16.0. The van der Waals surface area contributed by atoms with Gasteiger partial charge in [-0.25, -0.2) is 0 Å². The van der Waals surface area contributed by atoms with Crippen molar-refractivity contribution >= 4 is 17.4 Å². The minimum Gasteiger partial charge on any atom is -0.508 e. The van der Waals surface area contributed by atoms with E-state index in [-0.39, 0.29) is 23.6 Å². The molecule has 0 radical (unpaired) electrons. The number of nitrogens with zero attached hydrogens (tertiary/aromatic N) is 2. The van der Waals surface area contributed by atoms with E-state index in [4.69, 9.17) is 9.47 Å². The molecule has 1 unspecified atom stereocenters. The molecule has 0 spiro atoms. The molecule has 5 rings (SSSR count). The largest absolute Gasteiger partial charge is 0.508 e. The highest BCUT2D eigenvalue weighted by Crippen LogP contribution is 2.42. The number of pyridine rings is 1. The predicted octanol–water partition coefficient (Wildman–Crippen LogP) is 3.18. The van der Waals surface area contributed by atoms with Crippen LogP contribution in [0.25, 0.3) is 5.76 Å². The predicted molar refractivity (Wildman–Crippen MR) is 118 cm³/mol. The number of phenolic OH excluding ortho intramolecular Hbond substituents is 1. The quantitative estimate of drug-likeness (QED) is 0.361. The zero-order valence-electron chi connectivity index (χ0n) is 17.5. The molecule has 0 aliphatic carbocycles. The number of carbonyl (C=O) groups is 2. The van der Waals surface area contributed by atoms with Gasteiger partial charge in [-0.1, -0.05) is 18.2 Å². The summed E-state index contributed by atoms with van der Waals surface area (Å²) in [7, 11) is 0. The Morgan fingerprint density at radius 2 is 1.85 bits per heavy atom. The fourth-order valence-corrected chi connectivity index (χ4v) is 4.12. The number of likely N-dealkylation sites (tertiary alicyclic amines) is 1. The summed E-state index contributed by atoms with van der Waals surface area (Å²) in [5.41, 5.74) is 1.48. The number of rotatable bonds is 4. The van der Waals surface area contributed by atoms with Crippen LogP contribution in [0.4, 0.5) is 0 Å². The number of benzene rings is 2. The van der Waals surface area contributed by atoms with Crippen molar-refractivity contribution < 1.29 is 29.3 Å². The van der Waals surface area contributed by atoms with Crippen LogP contribution in [-0.4, -0.2) is 45.0 Å². The third-order valence-corrected chi connectivity index (χ3v) is 5.62. The van der Waals surface area contributed by atoms with Crippen molar-refractivity contribution in [3.8, 4) is 17.2 Å². The van der Waals surface area contributed by atoms with E-state index in [1.807, 2.05) is 0 Å². The number of amides is 1. The maximum absolute atomic E-state index is 13.1. The van der Waals surface area contributed by atoms with Gasteiger partial charge in [0.05, 0.1) is 11.6 Å². The van der Waals surface area contributed by atoms with Gasteiger partial charge in [-0.05, 0) is 47.5 Å². The SMILES string of the molecule is O=C1C(=O)N(Cc2cccnc2)C(c2cccc(O)c2)/C1=C(\O)c1ccc2c(c1)OCCO2. The second-order valence-electron chi connectivity index (χ2n) is 7.74. The first kappa shape index (κ1) is 20.6. The molecule has 166 valence electrons. The monoisotopic (exact) mass is 444 g/mol. The molecule has 1 aromatic heterocycles. The van der Waals surface area contributed by atoms with Gasteiger partial charge in [0.1, 0.15) is 24.7 Å². The van der Waals surface area contributed by atoms with E-state index >= 15 is 0 Å². The Kier molecular flexibility index (Phi) is 5.18. The van der Waals surface area contributed by atoms with Crippen molar-refractivity contribution in [3.05, 3.63) is 89.3 Å². The van der Waals surface area contributed by atoms with Crippen molar-refractivity contribution in [2.75, 3.05) is 13.2 Å². The summed E-state index contributed by atoms with van der Waals surface area (Å²) in [5, 5.41) is 21.3. The number of hydrogen-bond acceptors (Lipinski definition) is 7. The van der Waals surface area contributed by atoms with Gasteiger partial charge in [-0.2, -0.15) is 0 Å². The molecule has 8 heteroatoms. The van der Waals surface area contributed by atoms with Crippen molar-refractivity contribution in [1.29, 1.82) is 0 Å². The van der Waals surface area contributed by atoms with Crippen LogP contribution in [-0.2, 0) is 16.1 Å². The van der Waals surface area contributed by atoms with E-state index in [2.05, 4.69) is 4.98 Å². The lowest BCUT2D eigenvalue weighted by Gasteiger charge is -2.25. The van der Waals surface area contributed by atoms with E-state index in [1.54, 1.807) is 54.9 Å². The van der Waals surface area contributed by atoms with Crippen LogP contribution < -0.4 is 9.47 Å². The molecule has 1 atom stereocenters. The van der Waals surface area contributed by atoms with Gasteiger partial charge in [-0.15, -0.1) is 0 Å².